The van der Waals surface area contributed by atoms with Crippen molar-refractivity contribution in [1.82, 2.24) is 15.5 Å². The van der Waals surface area contributed by atoms with Crippen molar-refractivity contribution in [2.75, 3.05) is 46.6 Å². The van der Waals surface area contributed by atoms with Gasteiger partial charge in [0.15, 0.2) is 17.5 Å². The second kappa shape index (κ2) is 10.8. The molecule has 2 N–H and O–H groups in total. The van der Waals surface area contributed by atoms with E-state index < -0.39 is 0 Å². The zero-order valence-corrected chi connectivity index (χ0v) is 18.1. The van der Waals surface area contributed by atoms with Crippen molar-refractivity contribution in [2.45, 2.75) is 26.2 Å². The number of nitrogens with one attached hydrogen (secondary N) is 2. The summed E-state index contributed by atoms with van der Waals surface area (Å²) >= 11 is 0. The van der Waals surface area contributed by atoms with E-state index in [1.54, 1.807) is 0 Å². The van der Waals surface area contributed by atoms with E-state index >= 15 is 0 Å². The molecule has 0 unspecified atom stereocenters. The predicted molar refractivity (Wildman–Crippen MR) is 116 cm³/mol. The van der Waals surface area contributed by atoms with Gasteiger partial charge in [-0.2, -0.15) is 0 Å². The van der Waals surface area contributed by atoms with Gasteiger partial charge in [0.1, 0.15) is 0 Å². The number of guanidine groups is 1. The van der Waals surface area contributed by atoms with Crippen molar-refractivity contribution in [2.24, 2.45) is 10.9 Å². The Morgan fingerprint density at radius 1 is 1.19 bits per heavy atom. The van der Waals surface area contributed by atoms with Crippen LogP contribution < -0.4 is 20.1 Å². The molecule has 2 aliphatic rings. The van der Waals surface area contributed by atoms with Crippen LogP contribution in [0.25, 0.3) is 0 Å². The van der Waals surface area contributed by atoms with Gasteiger partial charge < -0.3 is 25.0 Å². The molecule has 6 nitrogen and oxygen atoms in total. The van der Waals surface area contributed by atoms with Crippen LogP contribution in [0.15, 0.2) is 23.2 Å². The Kier molecular flexibility index (Phi) is 8.77. The SMILES string of the molecule is CCNC(=NCC1CCN(C)CC1)NCCc1ccc2c(c1)OCO2.I. The van der Waals surface area contributed by atoms with Gasteiger partial charge in [0.25, 0.3) is 0 Å². The van der Waals surface area contributed by atoms with Gasteiger partial charge >= 0.3 is 0 Å². The van der Waals surface area contributed by atoms with E-state index in [-0.39, 0.29) is 24.0 Å². The van der Waals surface area contributed by atoms with Crippen LogP contribution in [0.2, 0.25) is 0 Å². The summed E-state index contributed by atoms with van der Waals surface area (Å²) in [7, 11) is 2.20. The van der Waals surface area contributed by atoms with Gasteiger partial charge in [-0.05, 0) is 69.9 Å². The summed E-state index contributed by atoms with van der Waals surface area (Å²) in [6.45, 7) is 7.44. The first-order valence-corrected chi connectivity index (χ1v) is 9.34. The van der Waals surface area contributed by atoms with Crippen LogP contribution in [0.3, 0.4) is 0 Å². The standard InChI is InChI=1S/C19H30N4O2.HI/c1-3-20-19(22-13-16-7-10-23(2)11-8-16)21-9-6-15-4-5-17-18(12-15)25-14-24-17;/h4-5,12,16H,3,6-11,13-14H2,1-2H3,(H2,20,21,22);1H. The maximum atomic E-state index is 5.44. The fourth-order valence-corrected chi connectivity index (χ4v) is 3.23. The van der Waals surface area contributed by atoms with Crippen LogP contribution in [0, 0.1) is 5.92 Å². The highest BCUT2D eigenvalue weighted by atomic mass is 127. The van der Waals surface area contributed by atoms with Crippen LogP contribution >= 0.6 is 24.0 Å². The Morgan fingerprint density at radius 3 is 2.73 bits per heavy atom. The number of piperidine rings is 1. The molecule has 2 heterocycles. The normalized spacial score (nSPS) is 17.7. The molecule has 0 bridgehead atoms. The number of halogens is 1. The van der Waals surface area contributed by atoms with E-state index in [2.05, 4.69) is 41.6 Å². The van der Waals surface area contributed by atoms with Crippen molar-refractivity contribution in [3.8, 4) is 11.5 Å². The highest BCUT2D eigenvalue weighted by molar-refractivity contribution is 14.0. The molecule has 1 aromatic carbocycles. The van der Waals surface area contributed by atoms with E-state index in [1.807, 2.05) is 6.07 Å². The molecule has 0 atom stereocenters. The van der Waals surface area contributed by atoms with Crippen LogP contribution in [0.5, 0.6) is 11.5 Å². The highest BCUT2D eigenvalue weighted by Gasteiger charge is 2.16. The number of benzene rings is 1. The smallest absolute Gasteiger partial charge is 0.231 e. The van der Waals surface area contributed by atoms with E-state index in [4.69, 9.17) is 14.5 Å². The zero-order chi connectivity index (χ0) is 17.5. The fourth-order valence-electron chi connectivity index (χ4n) is 3.23. The average Bonchev–Trinajstić information content (AvgIpc) is 3.09. The Hall–Kier alpha value is -1.22. The number of hydrogen-bond donors (Lipinski definition) is 2. The maximum absolute atomic E-state index is 5.44. The molecule has 0 aliphatic carbocycles. The van der Waals surface area contributed by atoms with Gasteiger partial charge in [-0.15, -0.1) is 24.0 Å². The van der Waals surface area contributed by atoms with Gasteiger partial charge in [0.2, 0.25) is 6.79 Å². The first-order chi connectivity index (χ1) is 12.2. The van der Waals surface area contributed by atoms with Crippen molar-refractivity contribution in [1.29, 1.82) is 0 Å². The Bertz CT molecular complexity index is 589. The number of aliphatic imine (C=N–C) groups is 1. The monoisotopic (exact) mass is 474 g/mol. The number of nitrogens with zero attached hydrogens (tertiary/aromatic N) is 2. The molecule has 0 radical (unpaired) electrons. The molecule has 0 aromatic heterocycles. The average molecular weight is 474 g/mol. The van der Waals surface area contributed by atoms with Crippen LogP contribution in [0.4, 0.5) is 0 Å². The topological polar surface area (TPSA) is 58.1 Å². The molecule has 0 saturated carbocycles. The number of ether oxygens (including phenoxy) is 2. The lowest BCUT2D eigenvalue weighted by Crippen LogP contribution is -2.39. The van der Waals surface area contributed by atoms with Crippen molar-refractivity contribution >= 4 is 29.9 Å². The van der Waals surface area contributed by atoms with E-state index in [0.717, 1.165) is 43.5 Å². The Balaban J connectivity index is 0.00000243. The molecule has 1 saturated heterocycles. The number of hydrogen-bond acceptors (Lipinski definition) is 4. The summed E-state index contributed by atoms with van der Waals surface area (Å²) in [6.07, 6.45) is 3.42. The third kappa shape index (κ3) is 6.19. The molecule has 3 rings (SSSR count). The second-order valence-electron chi connectivity index (χ2n) is 6.83. The maximum Gasteiger partial charge on any atom is 0.231 e. The molecule has 26 heavy (non-hydrogen) atoms. The van der Waals surface area contributed by atoms with Gasteiger partial charge in [0, 0.05) is 19.6 Å². The zero-order valence-electron chi connectivity index (χ0n) is 15.8. The first-order valence-electron chi connectivity index (χ1n) is 9.34. The third-order valence-electron chi connectivity index (χ3n) is 4.83. The van der Waals surface area contributed by atoms with Gasteiger partial charge in [-0.25, -0.2) is 0 Å². The van der Waals surface area contributed by atoms with Crippen molar-refractivity contribution in [3.05, 3.63) is 23.8 Å². The molecule has 0 amide bonds. The first kappa shape index (κ1) is 21.1. The summed E-state index contributed by atoms with van der Waals surface area (Å²) in [4.78, 5) is 7.18. The third-order valence-corrected chi connectivity index (χ3v) is 4.83. The van der Waals surface area contributed by atoms with E-state index in [1.165, 1.54) is 31.5 Å². The van der Waals surface area contributed by atoms with Gasteiger partial charge in [-0.3, -0.25) is 4.99 Å². The summed E-state index contributed by atoms with van der Waals surface area (Å²) in [6, 6.07) is 6.14. The molecular weight excluding hydrogens is 443 g/mol. The minimum atomic E-state index is 0. The number of fused-ring (bicyclic) bond motifs is 1. The Morgan fingerprint density at radius 2 is 1.96 bits per heavy atom. The van der Waals surface area contributed by atoms with Gasteiger partial charge in [-0.1, -0.05) is 6.07 Å². The molecule has 1 fully saturated rings. The van der Waals surface area contributed by atoms with Crippen molar-refractivity contribution in [3.63, 3.8) is 0 Å². The summed E-state index contributed by atoms with van der Waals surface area (Å²) in [5.41, 5.74) is 1.24. The second-order valence-corrected chi connectivity index (χ2v) is 6.83. The molecule has 0 spiro atoms. The Labute approximate surface area is 173 Å². The summed E-state index contributed by atoms with van der Waals surface area (Å²) in [5, 5.41) is 6.78. The highest BCUT2D eigenvalue weighted by Crippen LogP contribution is 2.32. The molecule has 7 heteroatoms. The molecule has 1 aromatic rings. The van der Waals surface area contributed by atoms with Crippen molar-refractivity contribution < 1.29 is 9.47 Å². The summed E-state index contributed by atoms with van der Waals surface area (Å²) in [5.74, 6) is 3.31. The predicted octanol–water partition coefficient (Wildman–Crippen LogP) is 2.47. The minimum Gasteiger partial charge on any atom is -0.454 e. The lowest BCUT2D eigenvalue weighted by Gasteiger charge is -2.28. The number of rotatable bonds is 6. The summed E-state index contributed by atoms with van der Waals surface area (Å²) < 4.78 is 10.8. The molecular formula is C19H31IN4O2. The lowest BCUT2D eigenvalue weighted by atomic mass is 9.97. The largest absolute Gasteiger partial charge is 0.454 e. The molecule has 2 aliphatic heterocycles. The number of likely N-dealkylation sites (tertiary alicyclic amines) is 1. The minimum absolute atomic E-state index is 0. The molecule has 146 valence electrons. The van der Waals surface area contributed by atoms with E-state index in [9.17, 15) is 0 Å². The van der Waals surface area contributed by atoms with Crippen LogP contribution in [0.1, 0.15) is 25.3 Å². The van der Waals surface area contributed by atoms with E-state index in [0.29, 0.717) is 12.7 Å². The van der Waals surface area contributed by atoms with Gasteiger partial charge in [0.05, 0.1) is 0 Å². The van der Waals surface area contributed by atoms with Crippen LogP contribution in [-0.2, 0) is 6.42 Å². The fraction of sp³-hybridized carbons (Fsp3) is 0.632. The quantitative estimate of drug-likeness (QED) is 0.377. The lowest BCUT2D eigenvalue weighted by molar-refractivity contribution is 0.174. The van der Waals surface area contributed by atoms with Crippen LogP contribution in [-0.4, -0.2) is 57.4 Å².